The van der Waals surface area contributed by atoms with E-state index in [1.54, 1.807) is 11.3 Å². The van der Waals surface area contributed by atoms with Crippen LogP contribution in [0.5, 0.6) is 0 Å². The second-order valence-electron chi connectivity index (χ2n) is 5.80. The Bertz CT molecular complexity index is 717. The first-order valence-electron chi connectivity index (χ1n) is 8.07. The van der Waals surface area contributed by atoms with E-state index in [0.717, 1.165) is 34.8 Å². The van der Waals surface area contributed by atoms with E-state index in [-0.39, 0.29) is 12.1 Å². The average Bonchev–Trinajstić information content (AvgIpc) is 2.84. The van der Waals surface area contributed by atoms with Gasteiger partial charge in [0.05, 0.1) is 5.56 Å². The number of rotatable bonds is 4. The molecule has 5 heteroatoms. The molecule has 1 aromatic heterocycles. The highest BCUT2D eigenvalue weighted by atomic mass is 32.1. The maximum atomic E-state index is 12.4. The molecule has 0 aliphatic carbocycles. The van der Waals surface area contributed by atoms with Crippen LogP contribution in [0.1, 0.15) is 46.4 Å². The van der Waals surface area contributed by atoms with Crippen LogP contribution in [0.2, 0.25) is 0 Å². The maximum absolute atomic E-state index is 12.4. The lowest BCUT2D eigenvalue weighted by molar-refractivity contribution is 0.0936. The minimum atomic E-state index is -0.168. The SMILES string of the molecule is CCN(CC)c1ccc([C@@H]2NC(=O)c3c(sc(C)c3C)N2)cc1. The number of nitrogens with one attached hydrogen (secondary N) is 2. The Hall–Kier alpha value is -2.01. The van der Waals surface area contributed by atoms with Crippen molar-refractivity contribution in [3.05, 3.63) is 45.8 Å². The molecule has 2 N–H and O–H groups in total. The van der Waals surface area contributed by atoms with Gasteiger partial charge in [0.15, 0.2) is 0 Å². The molecule has 1 amide bonds. The third-order valence-electron chi connectivity index (χ3n) is 4.52. The van der Waals surface area contributed by atoms with Crippen molar-refractivity contribution < 1.29 is 4.79 Å². The number of carbonyl (C=O) groups excluding carboxylic acids is 1. The molecule has 2 heterocycles. The van der Waals surface area contributed by atoms with Crippen molar-refractivity contribution in [3.63, 3.8) is 0 Å². The molecule has 0 unspecified atom stereocenters. The fourth-order valence-electron chi connectivity index (χ4n) is 3.01. The monoisotopic (exact) mass is 329 g/mol. The van der Waals surface area contributed by atoms with Crippen LogP contribution in [-0.2, 0) is 0 Å². The zero-order valence-corrected chi connectivity index (χ0v) is 14.9. The first-order valence-corrected chi connectivity index (χ1v) is 8.89. The fourth-order valence-corrected chi connectivity index (χ4v) is 4.09. The Labute approximate surface area is 141 Å². The minimum Gasteiger partial charge on any atom is -0.372 e. The number of benzene rings is 1. The zero-order valence-electron chi connectivity index (χ0n) is 14.1. The number of hydrogen-bond donors (Lipinski definition) is 2. The van der Waals surface area contributed by atoms with Gasteiger partial charge in [0, 0.05) is 23.7 Å². The molecule has 1 aliphatic heterocycles. The predicted octanol–water partition coefficient (Wildman–Crippen LogP) is 4.07. The van der Waals surface area contributed by atoms with Crippen LogP contribution in [0, 0.1) is 13.8 Å². The molecule has 0 fully saturated rings. The van der Waals surface area contributed by atoms with Crippen LogP contribution in [0.15, 0.2) is 24.3 Å². The van der Waals surface area contributed by atoms with E-state index < -0.39 is 0 Å². The molecule has 1 aromatic carbocycles. The van der Waals surface area contributed by atoms with E-state index in [9.17, 15) is 4.79 Å². The van der Waals surface area contributed by atoms with Crippen LogP contribution < -0.4 is 15.5 Å². The summed E-state index contributed by atoms with van der Waals surface area (Å²) in [5.41, 5.74) is 4.15. The van der Waals surface area contributed by atoms with E-state index in [2.05, 4.69) is 60.6 Å². The Kier molecular flexibility index (Phi) is 4.31. The highest BCUT2D eigenvalue weighted by Gasteiger charge is 2.28. The molecule has 0 radical (unpaired) electrons. The van der Waals surface area contributed by atoms with Crippen molar-refractivity contribution in [2.75, 3.05) is 23.3 Å². The summed E-state index contributed by atoms with van der Waals surface area (Å²) in [6, 6.07) is 8.42. The Morgan fingerprint density at radius 3 is 2.35 bits per heavy atom. The van der Waals surface area contributed by atoms with Gasteiger partial charge < -0.3 is 15.5 Å². The molecular weight excluding hydrogens is 306 g/mol. The molecule has 23 heavy (non-hydrogen) atoms. The van der Waals surface area contributed by atoms with Gasteiger partial charge >= 0.3 is 0 Å². The van der Waals surface area contributed by atoms with Crippen LogP contribution >= 0.6 is 11.3 Å². The van der Waals surface area contributed by atoms with Crippen LogP contribution in [0.4, 0.5) is 10.7 Å². The molecule has 1 atom stereocenters. The van der Waals surface area contributed by atoms with Crippen molar-refractivity contribution >= 4 is 27.9 Å². The van der Waals surface area contributed by atoms with Gasteiger partial charge in [-0.3, -0.25) is 4.79 Å². The molecule has 0 saturated carbocycles. The zero-order chi connectivity index (χ0) is 16.6. The number of carbonyl (C=O) groups is 1. The van der Waals surface area contributed by atoms with E-state index >= 15 is 0 Å². The van der Waals surface area contributed by atoms with Gasteiger partial charge in [-0.15, -0.1) is 11.3 Å². The molecule has 2 aromatic rings. The Morgan fingerprint density at radius 2 is 1.74 bits per heavy atom. The van der Waals surface area contributed by atoms with Gasteiger partial charge in [-0.1, -0.05) is 12.1 Å². The third-order valence-corrected chi connectivity index (χ3v) is 5.66. The van der Waals surface area contributed by atoms with E-state index in [1.165, 1.54) is 10.6 Å². The molecule has 0 spiro atoms. The van der Waals surface area contributed by atoms with Gasteiger partial charge in [-0.05, 0) is 51.0 Å². The van der Waals surface area contributed by atoms with E-state index in [4.69, 9.17) is 0 Å². The summed E-state index contributed by atoms with van der Waals surface area (Å²) in [5, 5.41) is 7.49. The first-order chi connectivity index (χ1) is 11.0. The van der Waals surface area contributed by atoms with E-state index in [1.807, 2.05) is 6.92 Å². The summed E-state index contributed by atoms with van der Waals surface area (Å²) in [4.78, 5) is 15.9. The first kappa shape index (κ1) is 15.9. The maximum Gasteiger partial charge on any atom is 0.256 e. The molecule has 122 valence electrons. The van der Waals surface area contributed by atoms with Gasteiger partial charge in [-0.25, -0.2) is 0 Å². The summed E-state index contributed by atoms with van der Waals surface area (Å²) >= 11 is 1.65. The lowest BCUT2D eigenvalue weighted by Gasteiger charge is -2.27. The standard InChI is InChI=1S/C18H23N3OS/c1-5-21(6-2)14-9-7-13(8-10-14)16-19-17(22)15-11(3)12(4)23-18(15)20-16/h7-10,16,20H,5-6H2,1-4H3,(H,19,22)/t16-/m1/s1. The largest absolute Gasteiger partial charge is 0.372 e. The van der Waals surface area contributed by atoms with Crippen molar-refractivity contribution in [1.29, 1.82) is 0 Å². The smallest absolute Gasteiger partial charge is 0.256 e. The molecule has 0 saturated heterocycles. The normalized spacial score (nSPS) is 16.5. The fraction of sp³-hybridized carbons (Fsp3) is 0.389. The highest BCUT2D eigenvalue weighted by molar-refractivity contribution is 7.16. The summed E-state index contributed by atoms with van der Waals surface area (Å²) in [5.74, 6) is 0.0124. The van der Waals surface area contributed by atoms with Gasteiger partial charge in [0.1, 0.15) is 11.2 Å². The van der Waals surface area contributed by atoms with Gasteiger partial charge in [-0.2, -0.15) is 0 Å². The highest BCUT2D eigenvalue weighted by Crippen LogP contribution is 2.37. The summed E-state index contributed by atoms with van der Waals surface area (Å²) in [6.07, 6.45) is -0.168. The van der Waals surface area contributed by atoms with Crippen molar-refractivity contribution in [3.8, 4) is 0 Å². The van der Waals surface area contributed by atoms with Crippen molar-refractivity contribution in [2.24, 2.45) is 0 Å². The average molecular weight is 329 g/mol. The number of amides is 1. The van der Waals surface area contributed by atoms with Crippen molar-refractivity contribution in [1.82, 2.24) is 5.32 Å². The van der Waals surface area contributed by atoms with Gasteiger partial charge in [0.25, 0.3) is 5.91 Å². The van der Waals surface area contributed by atoms with E-state index in [0.29, 0.717) is 0 Å². The van der Waals surface area contributed by atoms with Gasteiger partial charge in [0.2, 0.25) is 0 Å². The second-order valence-corrected chi connectivity index (χ2v) is 7.03. The number of thiophene rings is 1. The molecule has 0 bridgehead atoms. The third kappa shape index (κ3) is 2.81. The molecule has 1 aliphatic rings. The van der Waals surface area contributed by atoms with Crippen molar-refractivity contribution in [2.45, 2.75) is 33.9 Å². The second kappa shape index (κ2) is 6.24. The summed E-state index contributed by atoms with van der Waals surface area (Å²) < 4.78 is 0. The quantitative estimate of drug-likeness (QED) is 0.889. The molecule has 4 nitrogen and oxygen atoms in total. The molecular formula is C18H23N3OS. The van der Waals surface area contributed by atoms with Crippen LogP contribution in [0.3, 0.4) is 0 Å². The number of aryl methyl sites for hydroxylation is 1. The lowest BCUT2D eigenvalue weighted by atomic mass is 10.1. The number of fused-ring (bicyclic) bond motifs is 1. The minimum absolute atomic E-state index is 0.0124. The number of anilines is 2. The lowest BCUT2D eigenvalue weighted by Crippen LogP contribution is -2.38. The number of hydrogen-bond acceptors (Lipinski definition) is 4. The Balaban J connectivity index is 1.85. The summed E-state index contributed by atoms with van der Waals surface area (Å²) in [6.45, 7) is 10.4. The predicted molar refractivity (Wildman–Crippen MR) is 97.6 cm³/mol. The Morgan fingerprint density at radius 1 is 1.09 bits per heavy atom. The van der Waals surface area contributed by atoms with Crippen LogP contribution in [-0.4, -0.2) is 19.0 Å². The van der Waals surface area contributed by atoms with Crippen LogP contribution in [0.25, 0.3) is 0 Å². The summed E-state index contributed by atoms with van der Waals surface area (Å²) in [7, 11) is 0. The molecule has 3 rings (SSSR count). The number of nitrogens with zero attached hydrogens (tertiary/aromatic N) is 1. The topological polar surface area (TPSA) is 44.4 Å².